The van der Waals surface area contributed by atoms with E-state index in [2.05, 4.69) is 12.2 Å². The van der Waals surface area contributed by atoms with Gasteiger partial charge in [0, 0.05) is 12.3 Å². The summed E-state index contributed by atoms with van der Waals surface area (Å²) in [4.78, 5) is 23.9. The largest absolute Gasteiger partial charge is 0.497 e. The number of imide groups is 1. The molecule has 0 bridgehead atoms. The van der Waals surface area contributed by atoms with Crippen LogP contribution in [-0.2, 0) is 16.0 Å². The lowest BCUT2D eigenvalue weighted by atomic mass is 9.66. The van der Waals surface area contributed by atoms with Crippen molar-refractivity contribution in [3.63, 3.8) is 0 Å². The van der Waals surface area contributed by atoms with Gasteiger partial charge in [-0.25, -0.2) is 0 Å². The standard InChI is InChI=1S/C17H23NO3/c1-4-5-14-16(20)18-15(19)11-17(14,2)10-12-6-8-13(21-3)9-7-12/h6-9,14H,4-5,10-11H2,1-3H3,(H,18,19,20). The van der Waals surface area contributed by atoms with Crippen LogP contribution >= 0.6 is 0 Å². The van der Waals surface area contributed by atoms with Crippen LogP contribution in [0.4, 0.5) is 0 Å². The van der Waals surface area contributed by atoms with Crippen molar-refractivity contribution in [1.82, 2.24) is 5.32 Å². The smallest absolute Gasteiger partial charge is 0.230 e. The van der Waals surface area contributed by atoms with Gasteiger partial charge in [0.05, 0.1) is 7.11 Å². The van der Waals surface area contributed by atoms with Crippen LogP contribution in [0.1, 0.15) is 38.7 Å². The fourth-order valence-corrected chi connectivity index (χ4v) is 3.24. The highest BCUT2D eigenvalue weighted by Gasteiger charge is 2.44. The van der Waals surface area contributed by atoms with Crippen LogP contribution in [0.5, 0.6) is 5.75 Å². The van der Waals surface area contributed by atoms with E-state index >= 15 is 0 Å². The Kier molecular flexibility index (Phi) is 4.66. The van der Waals surface area contributed by atoms with Gasteiger partial charge < -0.3 is 4.74 Å². The van der Waals surface area contributed by atoms with Crippen molar-refractivity contribution in [2.24, 2.45) is 11.3 Å². The Labute approximate surface area is 125 Å². The lowest BCUT2D eigenvalue weighted by Crippen LogP contribution is -2.51. The van der Waals surface area contributed by atoms with Gasteiger partial charge in [-0.05, 0) is 36.0 Å². The molecule has 1 aromatic carbocycles. The maximum Gasteiger partial charge on any atom is 0.230 e. The van der Waals surface area contributed by atoms with E-state index < -0.39 is 0 Å². The Morgan fingerprint density at radius 2 is 1.95 bits per heavy atom. The molecular formula is C17H23NO3. The molecule has 1 fully saturated rings. The fourth-order valence-electron chi connectivity index (χ4n) is 3.24. The minimum Gasteiger partial charge on any atom is -0.497 e. The lowest BCUT2D eigenvalue weighted by Gasteiger charge is -2.40. The predicted molar refractivity (Wildman–Crippen MR) is 81.0 cm³/mol. The quantitative estimate of drug-likeness (QED) is 0.848. The van der Waals surface area contributed by atoms with Gasteiger partial charge >= 0.3 is 0 Å². The third-order valence-electron chi connectivity index (χ3n) is 4.33. The van der Waals surface area contributed by atoms with Crippen molar-refractivity contribution in [1.29, 1.82) is 0 Å². The molecule has 0 radical (unpaired) electrons. The molecule has 4 nitrogen and oxygen atoms in total. The van der Waals surface area contributed by atoms with E-state index in [1.807, 2.05) is 31.2 Å². The number of methoxy groups -OCH3 is 1. The maximum absolute atomic E-state index is 12.1. The summed E-state index contributed by atoms with van der Waals surface area (Å²) in [6.45, 7) is 4.12. The number of rotatable bonds is 5. The summed E-state index contributed by atoms with van der Waals surface area (Å²) in [6, 6.07) is 7.84. The van der Waals surface area contributed by atoms with Crippen LogP contribution in [0, 0.1) is 11.3 Å². The molecule has 2 unspecified atom stereocenters. The number of hydrogen-bond acceptors (Lipinski definition) is 3. The average molecular weight is 289 g/mol. The van der Waals surface area contributed by atoms with E-state index in [4.69, 9.17) is 4.74 Å². The molecule has 1 N–H and O–H groups in total. The number of ether oxygens (including phenoxy) is 1. The molecule has 2 amide bonds. The van der Waals surface area contributed by atoms with Crippen LogP contribution in [0.3, 0.4) is 0 Å². The van der Waals surface area contributed by atoms with Crippen molar-refractivity contribution in [2.75, 3.05) is 7.11 Å². The predicted octanol–water partition coefficient (Wildman–Crippen LogP) is 2.71. The van der Waals surface area contributed by atoms with Crippen molar-refractivity contribution in [3.05, 3.63) is 29.8 Å². The normalized spacial score (nSPS) is 25.6. The molecule has 0 aliphatic carbocycles. The lowest BCUT2D eigenvalue weighted by molar-refractivity contribution is -0.143. The summed E-state index contributed by atoms with van der Waals surface area (Å²) in [6.07, 6.45) is 2.87. The van der Waals surface area contributed by atoms with Crippen molar-refractivity contribution >= 4 is 11.8 Å². The van der Waals surface area contributed by atoms with Gasteiger partial charge in [-0.15, -0.1) is 0 Å². The minimum atomic E-state index is -0.315. The Morgan fingerprint density at radius 3 is 2.52 bits per heavy atom. The highest BCUT2D eigenvalue weighted by molar-refractivity contribution is 5.99. The zero-order valence-electron chi connectivity index (χ0n) is 12.9. The highest BCUT2D eigenvalue weighted by atomic mass is 16.5. The molecule has 1 aromatic rings. The SMILES string of the molecule is CCCC1C(=O)NC(=O)CC1(C)Cc1ccc(OC)cc1. The number of carbonyl (C=O) groups excluding carboxylic acids is 2. The van der Waals surface area contributed by atoms with Gasteiger partial charge in [0.1, 0.15) is 5.75 Å². The Hall–Kier alpha value is -1.84. The molecule has 1 saturated heterocycles. The summed E-state index contributed by atoms with van der Waals surface area (Å²) in [5.41, 5.74) is 0.811. The monoisotopic (exact) mass is 289 g/mol. The first-order valence-corrected chi connectivity index (χ1v) is 7.45. The summed E-state index contributed by atoms with van der Waals surface area (Å²) in [5.74, 6) is 0.418. The van der Waals surface area contributed by atoms with E-state index in [0.717, 1.165) is 30.6 Å². The van der Waals surface area contributed by atoms with E-state index in [9.17, 15) is 9.59 Å². The molecule has 0 spiro atoms. The first-order valence-electron chi connectivity index (χ1n) is 7.45. The molecule has 1 heterocycles. The van der Waals surface area contributed by atoms with Gasteiger partial charge in [-0.1, -0.05) is 32.4 Å². The van der Waals surface area contributed by atoms with Gasteiger partial charge in [-0.2, -0.15) is 0 Å². The topological polar surface area (TPSA) is 55.4 Å². The third kappa shape index (κ3) is 3.43. The molecule has 0 aromatic heterocycles. The van der Waals surface area contributed by atoms with Gasteiger partial charge in [0.2, 0.25) is 11.8 Å². The Morgan fingerprint density at radius 1 is 1.29 bits per heavy atom. The second-order valence-corrected chi connectivity index (χ2v) is 6.11. The summed E-state index contributed by atoms with van der Waals surface area (Å²) < 4.78 is 5.16. The molecule has 2 rings (SSSR count). The average Bonchev–Trinajstić information content (AvgIpc) is 2.43. The van der Waals surface area contributed by atoms with Crippen molar-refractivity contribution in [3.8, 4) is 5.75 Å². The number of nitrogens with one attached hydrogen (secondary N) is 1. The number of hydrogen-bond donors (Lipinski definition) is 1. The third-order valence-corrected chi connectivity index (χ3v) is 4.33. The number of benzene rings is 1. The molecular weight excluding hydrogens is 266 g/mol. The van der Waals surface area contributed by atoms with Crippen molar-refractivity contribution < 1.29 is 14.3 Å². The first-order chi connectivity index (χ1) is 9.98. The molecule has 2 atom stereocenters. The fraction of sp³-hybridized carbons (Fsp3) is 0.529. The van der Waals surface area contributed by atoms with Crippen LogP contribution < -0.4 is 10.1 Å². The van der Waals surface area contributed by atoms with Gasteiger partial charge in [0.15, 0.2) is 0 Å². The highest BCUT2D eigenvalue weighted by Crippen LogP contribution is 2.40. The molecule has 1 aliphatic rings. The van der Waals surface area contributed by atoms with Crippen LogP contribution in [0.15, 0.2) is 24.3 Å². The van der Waals surface area contributed by atoms with Gasteiger partial charge in [0.25, 0.3) is 0 Å². The second-order valence-electron chi connectivity index (χ2n) is 6.11. The Balaban J connectivity index is 2.22. The second kappa shape index (κ2) is 6.29. The number of carbonyl (C=O) groups is 2. The number of piperidine rings is 1. The van der Waals surface area contributed by atoms with E-state index in [1.54, 1.807) is 7.11 Å². The van der Waals surface area contributed by atoms with Crippen LogP contribution in [0.2, 0.25) is 0 Å². The zero-order valence-corrected chi connectivity index (χ0v) is 12.9. The van der Waals surface area contributed by atoms with Crippen LogP contribution in [-0.4, -0.2) is 18.9 Å². The summed E-state index contributed by atoms with van der Waals surface area (Å²) in [7, 11) is 1.64. The van der Waals surface area contributed by atoms with Crippen molar-refractivity contribution in [2.45, 2.75) is 39.5 Å². The molecule has 4 heteroatoms. The van der Waals surface area contributed by atoms with E-state index in [0.29, 0.717) is 6.42 Å². The molecule has 114 valence electrons. The maximum atomic E-state index is 12.1. The number of amides is 2. The van der Waals surface area contributed by atoms with E-state index in [-0.39, 0.29) is 23.1 Å². The zero-order chi connectivity index (χ0) is 15.5. The molecule has 21 heavy (non-hydrogen) atoms. The minimum absolute atomic E-state index is 0.109. The Bertz CT molecular complexity index is 523. The molecule has 1 aliphatic heterocycles. The van der Waals surface area contributed by atoms with E-state index in [1.165, 1.54) is 0 Å². The first kappa shape index (κ1) is 15.5. The summed E-state index contributed by atoms with van der Waals surface area (Å²) >= 11 is 0. The summed E-state index contributed by atoms with van der Waals surface area (Å²) in [5, 5.41) is 2.48. The molecule has 0 saturated carbocycles. The van der Waals surface area contributed by atoms with Gasteiger partial charge in [-0.3, -0.25) is 14.9 Å². The van der Waals surface area contributed by atoms with Crippen LogP contribution in [0.25, 0.3) is 0 Å².